The standard InChI is InChI=1S/C15H21ClIN/c1-2-3-11-4-7-13(8-5-11)18-15-9-6-12(16)10-14(15)17/h6,9-11,13,18H,2-5,7-8H2,1H3. The van der Waals surface area contributed by atoms with Crippen LogP contribution in [0.1, 0.15) is 45.4 Å². The van der Waals surface area contributed by atoms with Crippen molar-refractivity contribution in [3.63, 3.8) is 0 Å². The van der Waals surface area contributed by atoms with Crippen LogP contribution in [0.5, 0.6) is 0 Å². The molecular formula is C15H21ClIN. The summed E-state index contributed by atoms with van der Waals surface area (Å²) in [6.45, 7) is 2.29. The highest BCUT2D eigenvalue weighted by molar-refractivity contribution is 14.1. The molecule has 0 radical (unpaired) electrons. The van der Waals surface area contributed by atoms with Gasteiger partial charge >= 0.3 is 0 Å². The fourth-order valence-electron chi connectivity index (χ4n) is 2.83. The third-order valence-electron chi connectivity index (χ3n) is 3.83. The SMILES string of the molecule is CCCC1CCC(Nc2ccc(Cl)cc2I)CC1. The highest BCUT2D eigenvalue weighted by Gasteiger charge is 2.20. The minimum absolute atomic E-state index is 0.646. The fourth-order valence-corrected chi connectivity index (χ4v) is 3.86. The average Bonchev–Trinajstić information content (AvgIpc) is 2.35. The highest BCUT2D eigenvalue weighted by Crippen LogP contribution is 2.31. The van der Waals surface area contributed by atoms with E-state index in [1.54, 1.807) is 0 Å². The van der Waals surface area contributed by atoms with Crippen LogP contribution in [0.25, 0.3) is 0 Å². The van der Waals surface area contributed by atoms with Gasteiger partial charge in [0, 0.05) is 20.3 Å². The zero-order chi connectivity index (χ0) is 13.0. The van der Waals surface area contributed by atoms with Crippen molar-refractivity contribution in [2.45, 2.75) is 51.5 Å². The maximum absolute atomic E-state index is 5.98. The number of halogens is 2. The van der Waals surface area contributed by atoms with Gasteiger partial charge in [0.2, 0.25) is 0 Å². The molecule has 0 aromatic heterocycles. The molecule has 1 aliphatic carbocycles. The van der Waals surface area contributed by atoms with Crippen LogP contribution >= 0.6 is 34.2 Å². The molecule has 0 saturated heterocycles. The second-order valence-corrected chi connectivity index (χ2v) is 6.87. The second kappa shape index (κ2) is 6.99. The number of benzene rings is 1. The predicted octanol–water partition coefficient (Wildman–Crippen LogP) is 5.72. The molecule has 1 aromatic carbocycles. The van der Waals surface area contributed by atoms with Crippen molar-refractivity contribution in [1.29, 1.82) is 0 Å². The van der Waals surface area contributed by atoms with Crippen molar-refractivity contribution in [1.82, 2.24) is 0 Å². The molecule has 1 aromatic rings. The third-order valence-corrected chi connectivity index (χ3v) is 4.96. The second-order valence-electron chi connectivity index (χ2n) is 5.27. The molecule has 0 aliphatic heterocycles. The number of hydrogen-bond acceptors (Lipinski definition) is 1. The number of rotatable bonds is 4. The summed E-state index contributed by atoms with van der Waals surface area (Å²) in [6.07, 6.45) is 8.13. The number of anilines is 1. The van der Waals surface area contributed by atoms with E-state index in [4.69, 9.17) is 11.6 Å². The summed E-state index contributed by atoms with van der Waals surface area (Å²) in [5.74, 6) is 0.970. The molecule has 1 N–H and O–H groups in total. The monoisotopic (exact) mass is 377 g/mol. The van der Waals surface area contributed by atoms with Gasteiger partial charge in [0.1, 0.15) is 0 Å². The predicted molar refractivity (Wildman–Crippen MR) is 88.4 cm³/mol. The summed E-state index contributed by atoms with van der Waals surface area (Å²) < 4.78 is 1.22. The van der Waals surface area contributed by atoms with Crippen LogP contribution in [-0.4, -0.2) is 6.04 Å². The Kier molecular flexibility index (Phi) is 5.61. The van der Waals surface area contributed by atoms with Gasteiger partial charge in [0.25, 0.3) is 0 Å². The molecule has 1 nitrogen and oxygen atoms in total. The Hall–Kier alpha value is 0.0400. The summed E-state index contributed by atoms with van der Waals surface area (Å²) in [5.41, 5.74) is 1.24. The van der Waals surface area contributed by atoms with E-state index < -0.39 is 0 Å². The summed E-state index contributed by atoms with van der Waals surface area (Å²) in [5, 5.41) is 4.49. The van der Waals surface area contributed by atoms with Gasteiger partial charge in [0.05, 0.1) is 0 Å². The van der Waals surface area contributed by atoms with Crippen LogP contribution in [0.3, 0.4) is 0 Å². The number of nitrogens with one attached hydrogen (secondary N) is 1. The maximum atomic E-state index is 5.98. The lowest BCUT2D eigenvalue weighted by atomic mass is 9.83. The van der Waals surface area contributed by atoms with E-state index in [2.05, 4.69) is 40.9 Å². The molecule has 100 valence electrons. The zero-order valence-electron chi connectivity index (χ0n) is 10.9. The quantitative estimate of drug-likeness (QED) is 0.662. The molecule has 0 spiro atoms. The Labute approximate surface area is 129 Å². The van der Waals surface area contributed by atoms with Gasteiger partial charge < -0.3 is 5.32 Å². The molecule has 0 atom stereocenters. The molecule has 1 fully saturated rings. The smallest absolute Gasteiger partial charge is 0.0479 e. The molecular weight excluding hydrogens is 357 g/mol. The zero-order valence-corrected chi connectivity index (χ0v) is 13.8. The van der Waals surface area contributed by atoms with E-state index in [-0.39, 0.29) is 0 Å². The summed E-state index contributed by atoms with van der Waals surface area (Å²) in [6, 6.07) is 6.73. The highest BCUT2D eigenvalue weighted by atomic mass is 127. The van der Waals surface area contributed by atoms with Gasteiger partial charge in [-0.05, 0) is 72.4 Å². The summed E-state index contributed by atoms with van der Waals surface area (Å²) >= 11 is 8.33. The van der Waals surface area contributed by atoms with Gasteiger partial charge in [-0.25, -0.2) is 0 Å². The van der Waals surface area contributed by atoms with E-state index in [0.717, 1.165) is 10.9 Å². The van der Waals surface area contributed by atoms with Crippen molar-refractivity contribution < 1.29 is 0 Å². The molecule has 18 heavy (non-hydrogen) atoms. The Morgan fingerprint density at radius 2 is 2.00 bits per heavy atom. The van der Waals surface area contributed by atoms with Gasteiger partial charge in [-0.15, -0.1) is 0 Å². The lowest BCUT2D eigenvalue weighted by molar-refractivity contribution is 0.319. The first kappa shape index (κ1) is 14.4. The molecule has 0 amide bonds. The average molecular weight is 378 g/mol. The van der Waals surface area contributed by atoms with E-state index >= 15 is 0 Å². The Morgan fingerprint density at radius 3 is 2.61 bits per heavy atom. The van der Waals surface area contributed by atoms with E-state index in [0.29, 0.717) is 6.04 Å². The third kappa shape index (κ3) is 4.02. The summed E-state index contributed by atoms with van der Waals surface area (Å²) in [4.78, 5) is 0. The Balaban J connectivity index is 1.87. The topological polar surface area (TPSA) is 12.0 Å². The lowest BCUT2D eigenvalue weighted by Gasteiger charge is -2.30. The minimum Gasteiger partial charge on any atom is -0.381 e. The van der Waals surface area contributed by atoms with Crippen LogP contribution in [0.4, 0.5) is 5.69 Å². The largest absolute Gasteiger partial charge is 0.381 e. The van der Waals surface area contributed by atoms with Crippen LogP contribution in [-0.2, 0) is 0 Å². The molecule has 3 heteroatoms. The van der Waals surface area contributed by atoms with Crippen molar-refractivity contribution in [3.8, 4) is 0 Å². The van der Waals surface area contributed by atoms with Crippen molar-refractivity contribution in [2.75, 3.05) is 5.32 Å². The Morgan fingerprint density at radius 1 is 1.28 bits per heavy atom. The van der Waals surface area contributed by atoms with Gasteiger partial charge in [-0.1, -0.05) is 31.4 Å². The first-order valence-corrected chi connectivity index (χ1v) is 8.36. The number of hydrogen-bond donors (Lipinski definition) is 1. The summed E-state index contributed by atoms with van der Waals surface area (Å²) in [7, 11) is 0. The first-order valence-electron chi connectivity index (χ1n) is 6.90. The molecule has 0 heterocycles. The first-order chi connectivity index (χ1) is 8.69. The van der Waals surface area contributed by atoms with Gasteiger partial charge in [0.15, 0.2) is 0 Å². The van der Waals surface area contributed by atoms with Crippen LogP contribution in [0, 0.1) is 9.49 Å². The van der Waals surface area contributed by atoms with Gasteiger partial charge in [-0.3, -0.25) is 0 Å². The normalized spacial score (nSPS) is 23.9. The molecule has 1 saturated carbocycles. The molecule has 2 rings (SSSR count). The molecule has 0 bridgehead atoms. The van der Waals surface area contributed by atoms with Crippen LogP contribution in [0.2, 0.25) is 5.02 Å². The molecule has 1 aliphatic rings. The van der Waals surface area contributed by atoms with Crippen LogP contribution in [0.15, 0.2) is 18.2 Å². The van der Waals surface area contributed by atoms with E-state index in [1.807, 2.05) is 12.1 Å². The van der Waals surface area contributed by atoms with Crippen LogP contribution < -0.4 is 5.32 Å². The van der Waals surface area contributed by atoms with Crippen molar-refractivity contribution >= 4 is 39.9 Å². The van der Waals surface area contributed by atoms with E-state index in [9.17, 15) is 0 Å². The van der Waals surface area contributed by atoms with Crippen molar-refractivity contribution in [2.24, 2.45) is 5.92 Å². The molecule has 0 unspecified atom stereocenters. The maximum Gasteiger partial charge on any atom is 0.0479 e. The van der Waals surface area contributed by atoms with Crippen molar-refractivity contribution in [3.05, 3.63) is 26.8 Å². The lowest BCUT2D eigenvalue weighted by Crippen LogP contribution is -2.26. The minimum atomic E-state index is 0.646. The fraction of sp³-hybridized carbons (Fsp3) is 0.600. The van der Waals surface area contributed by atoms with E-state index in [1.165, 1.54) is 47.8 Å². The van der Waals surface area contributed by atoms with Gasteiger partial charge in [-0.2, -0.15) is 0 Å². The Bertz CT molecular complexity index is 386.